The van der Waals surface area contributed by atoms with Crippen LogP contribution in [0.15, 0.2) is 4.99 Å². The Balaban J connectivity index is 2.90. The first-order valence-electron chi connectivity index (χ1n) is 5.10. The molecule has 0 fully saturated rings. The smallest absolute Gasteiger partial charge is 0.0385 e. The Morgan fingerprint density at radius 3 is 2.58 bits per heavy atom. The molecule has 0 aliphatic heterocycles. The molecule has 0 amide bonds. The summed E-state index contributed by atoms with van der Waals surface area (Å²) in [5.41, 5.74) is 5.38. The standard InChI is InChI=1S/C10H22N2/c1-2-3-9-12-10-7-5-4-6-8-11/h9H,2-8,10-11H2,1H3. The lowest BCUT2D eigenvalue weighted by atomic mass is 10.2. The first-order chi connectivity index (χ1) is 5.91. The molecular weight excluding hydrogens is 148 g/mol. The van der Waals surface area contributed by atoms with Crippen molar-refractivity contribution in [1.82, 2.24) is 0 Å². The van der Waals surface area contributed by atoms with E-state index >= 15 is 0 Å². The maximum absolute atomic E-state index is 5.38. The zero-order chi connectivity index (χ0) is 9.07. The van der Waals surface area contributed by atoms with Crippen molar-refractivity contribution in [1.29, 1.82) is 0 Å². The summed E-state index contributed by atoms with van der Waals surface area (Å²) >= 11 is 0. The van der Waals surface area contributed by atoms with E-state index in [-0.39, 0.29) is 0 Å². The van der Waals surface area contributed by atoms with Crippen LogP contribution in [0.25, 0.3) is 0 Å². The molecule has 2 N–H and O–H groups in total. The van der Waals surface area contributed by atoms with Crippen LogP contribution in [-0.4, -0.2) is 19.3 Å². The second kappa shape index (κ2) is 10.6. The third-order valence-corrected chi connectivity index (χ3v) is 1.79. The van der Waals surface area contributed by atoms with Gasteiger partial charge in [-0.2, -0.15) is 0 Å². The first-order valence-corrected chi connectivity index (χ1v) is 5.10. The van der Waals surface area contributed by atoms with Gasteiger partial charge in [0.15, 0.2) is 0 Å². The largest absolute Gasteiger partial charge is 0.330 e. The number of unbranched alkanes of at least 4 members (excludes halogenated alkanes) is 4. The Morgan fingerprint density at radius 2 is 1.92 bits per heavy atom. The minimum Gasteiger partial charge on any atom is -0.330 e. The van der Waals surface area contributed by atoms with Gasteiger partial charge in [0, 0.05) is 6.54 Å². The van der Waals surface area contributed by atoms with Crippen LogP contribution in [0.2, 0.25) is 0 Å². The second-order valence-corrected chi connectivity index (χ2v) is 3.08. The second-order valence-electron chi connectivity index (χ2n) is 3.08. The number of aliphatic imine (C=N–C) groups is 1. The van der Waals surface area contributed by atoms with E-state index in [1.165, 1.54) is 32.1 Å². The fourth-order valence-electron chi connectivity index (χ4n) is 1.01. The molecular formula is C10H22N2. The molecule has 12 heavy (non-hydrogen) atoms. The van der Waals surface area contributed by atoms with E-state index in [0.29, 0.717) is 0 Å². The number of nitrogens with two attached hydrogens (primary N) is 1. The minimum absolute atomic E-state index is 0.832. The Kier molecular flexibility index (Phi) is 10.3. The third-order valence-electron chi connectivity index (χ3n) is 1.79. The summed E-state index contributed by atoms with van der Waals surface area (Å²) in [6, 6.07) is 0. The lowest BCUT2D eigenvalue weighted by Gasteiger charge is -1.95. The number of nitrogens with zero attached hydrogens (tertiary/aromatic N) is 1. The Morgan fingerprint density at radius 1 is 1.17 bits per heavy atom. The van der Waals surface area contributed by atoms with E-state index in [4.69, 9.17) is 5.73 Å². The summed E-state index contributed by atoms with van der Waals surface area (Å²) in [6.45, 7) is 4.01. The summed E-state index contributed by atoms with van der Waals surface area (Å²) < 4.78 is 0. The van der Waals surface area contributed by atoms with Crippen LogP contribution < -0.4 is 5.73 Å². The molecule has 0 bridgehead atoms. The van der Waals surface area contributed by atoms with Crippen LogP contribution in [0.3, 0.4) is 0 Å². The van der Waals surface area contributed by atoms with E-state index in [2.05, 4.69) is 11.9 Å². The van der Waals surface area contributed by atoms with Crippen LogP contribution in [0.1, 0.15) is 45.4 Å². The molecule has 0 aromatic rings. The van der Waals surface area contributed by atoms with Crippen LogP contribution >= 0.6 is 0 Å². The minimum atomic E-state index is 0.832. The molecule has 0 aliphatic carbocycles. The topological polar surface area (TPSA) is 38.4 Å². The summed E-state index contributed by atoms with van der Waals surface area (Å²) in [7, 11) is 0. The van der Waals surface area contributed by atoms with Crippen LogP contribution in [0.5, 0.6) is 0 Å². The van der Waals surface area contributed by atoms with E-state index < -0.39 is 0 Å². The first kappa shape index (κ1) is 11.6. The summed E-state index contributed by atoms with van der Waals surface area (Å²) in [5.74, 6) is 0. The molecule has 0 aromatic heterocycles. The van der Waals surface area contributed by atoms with Crippen LogP contribution in [-0.2, 0) is 0 Å². The SMILES string of the molecule is CCCC=NCCCCCCN. The molecule has 72 valence electrons. The molecule has 0 saturated carbocycles. The Bertz CT molecular complexity index is 100. The molecule has 0 radical (unpaired) electrons. The highest BCUT2D eigenvalue weighted by Gasteiger charge is 1.86. The number of hydrogen-bond acceptors (Lipinski definition) is 2. The normalized spacial score (nSPS) is 11.2. The fourth-order valence-corrected chi connectivity index (χ4v) is 1.01. The van der Waals surface area contributed by atoms with Crippen molar-refractivity contribution in [3.05, 3.63) is 0 Å². The van der Waals surface area contributed by atoms with Crippen LogP contribution in [0, 0.1) is 0 Å². The van der Waals surface area contributed by atoms with Gasteiger partial charge in [-0.3, -0.25) is 4.99 Å². The average Bonchev–Trinajstić information content (AvgIpc) is 2.10. The van der Waals surface area contributed by atoms with E-state index in [1.54, 1.807) is 0 Å². The maximum Gasteiger partial charge on any atom is 0.0385 e. The van der Waals surface area contributed by atoms with Gasteiger partial charge in [0.25, 0.3) is 0 Å². The summed E-state index contributed by atoms with van der Waals surface area (Å²) in [4.78, 5) is 4.30. The molecule has 2 nitrogen and oxygen atoms in total. The zero-order valence-electron chi connectivity index (χ0n) is 8.26. The molecule has 0 atom stereocenters. The van der Waals surface area contributed by atoms with Crippen molar-refractivity contribution in [3.63, 3.8) is 0 Å². The van der Waals surface area contributed by atoms with Crippen LogP contribution in [0.4, 0.5) is 0 Å². The van der Waals surface area contributed by atoms with Gasteiger partial charge in [-0.1, -0.05) is 26.2 Å². The monoisotopic (exact) mass is 170 g/mol. The zero-order valence-corrected chi connectivity index (χ0v) is 8.26. The van der Waals surface area contributed by atoms with Crippen molar-refractivity contribution >= 4 is 6.21 Å². The summed E-state index contributed by atoms with van der Waals surface area (Å²) in [6.07, 6.45) is 9.31. The van der Waals surface area contributed by atoms with Gasteiger partial charge in [-0.25, -0.2) is 0 Å². The van der Waals surface area contributed by atoms with Gasteiger partial charge in [0.1, 0.15) is 0 Å². The molecule has 0 saturated heterocycles. The van der Waals surface area contributed by atoms with Crippen molar-refractivity contribution in [2.45, 2.75) is 45.4 Å². The van der Waals surface area contributed by atoms with E-state index in [0.717, 1.165) is 19.5 Å². The maximum atomic E-state index is 5.38. The van der Waals surface area contributed by atoms with Gasteiger partial charge in [-0.15, -0.1) is 0 Å². The molecule has 0 unspecified atom stereocenters. The van der Waals surface area contributed by atoms with Gasteiger partial charge in [0.2, 0.25) is 0 Å². The lowest BCUT2D eigenvalue weighted by molar-refractivity contribution is 0.654. The van der Waals surface area contributed by atoms with Gasteiger partial charge in [-0.05, 0) is 32.0 Å². The fraction of sp³-hybridized carbons (Fsp3) is 0.900. The van der Waals surface area contributed by atoms with Gasteiger partial charge < -0.3 is 5.73 Å². The molecule has 0 heterocycles. The predicted molar refractivity (Wildman–Crippen MR) is 55.8 cm³/mol. The Hall–Kier alpha value is -0.370. The van der Waals surface area contributed by atoms with E-state index in [9.17, 15) is 0 Å². The van der Waals surface area contributed by atoms with Gasteiger partial charge in [0.05, 0.1) is 0 Å². The van der Waals surface area contributed by atoms with Crippen molar-refractivity contribution in [2.75, 3.05) is 13.1 Å². The molecule has 0 aliphatic rings. The Labute approximate surface area is 76.3 Å². The van der Waals surface area contributed by atoms with Crippen molar-refractivity contribution < 1.29 is 0 Å². The molecule has 0 aromatic carbocycles. The summed E-state index contributed by atoms with van der Waals surface area (Å²) in [5, 5.41) is 0. The predicted octanol–water partition coefficient (Wildman–Crippen LogP) is 2.38. The highest BCUT2D eigenvalue weighted by Crippen LogP contribution is 1.98. The molecule has 0 rings (SSSR count). The molecule has 0 spiro atoms. The van der Waals surface area contributed by atoms with Crippen molar-refractivity contribution in [3.8, 4) is 0 Å². The third kappa shape index (κ3) is 9.63. The van der Waals surface area contributed by atoms with E-state index in [1.807, 2.05) is 6.21 Å². The molecule has 2 heteroatoms. The van der Waals surface area contributed by atoms with Gasteiger partial charge >= 0.3 is 0 Å². The number of hydrogen-bond donors (Lipinski definition) is 1. The lowest BCUT2D eigenvalue weighted by Crippen LogP contribution is -1.97. The highest BCUT2D eigenvalue weighted by atomic mass is 14.7. The number of rotatable bonds is 8. The highest BCUT2D eigenvalue weighted by molar-refractivity contribution is 5.56. The average molecular weight is 170 g/mol. The van der Waals surface area contributed by atoms with Crippen molar-refractivity contribution in [2.24, 2.45) is 10.7 Å². The quantitative estimate of drug-likeness (QED) is 0.441.